The number of benzene rings is 1. The van der Waals surface area contributed by atoms with E-state index in [1.54, 1.807) is 7.11 Å². The number of likely N-dealkylation sites (tertiary alicyclic amines) is 1. The van der Waals surface area contributed by atoms with Crippen LogP contribution in [0.1, 0.15) is 32.1 Å². The molecule has 6 nitrogen and oxygen atoms in total. The smallest absolute Gasteiger partial charge is 0.191 e. The maximum atomic E-state index is 6.19. The molecule has 2 aliphatic heterocycles. The number of anilines is 1. The summed E-state index contributed by atoms with van der Waals surface area (Å²) in [5.41, 5.74) is 1.06. The van der Waals surface area contributed by atoms with Crippen LogP contribution in [0.2, 0.25) is 5.02 Å². The summed E-state index contributed by atoms with van der Waals surface area (Å²) in [5, 5.41) is 7.76. The molecule has 0 amide bonds. The summed E-state index contributed by atoms with van der Waals surface area (Å²) in [5.74, 6) is 1.76. The van der Waals surface area contributed by atoms with E-state index in [2.05, 4.69) is 25.4 Å². The Hall–Kier alpha value is -0.930. The van der Waals surface area contributed by atoms with Crippen molar-refractivity contribution in [3.63, 3.8) is 0 Å². The number of methoxy groups -OCH3 is 1. The van der Waals surface area contributed by atoms with Crippen molar-refractivity contribution < 1.29 is 4.74 Å². The summed E-state index contributed by atoms with van der Waals surface area (Å²) >= 11 is 6.19. The van der Waals surface area contributed by atoms with Gasteiger partial charge in [0.05, 0.1) is 12.8 Å². The molecule has 1 atom stereocenters. The van der Waals surface area contributed by atoms with Crippen molar-refractivity contribution in [2.24, 2.45) is 4.99 Å². The minimum absolute atomic E-state index is 0. The molecule has 164 valence electrons. The van der Waals surface area contributed by atoms with Crippen molar-refractivity contribution in [3.05, 3.63) is 23.2 Å². The van der Waals surface area contributed by atoms with Gasteiger partial charge >= 0.3 is 0 Å². The highest BCUT2D eigenvalue weighted by atomic mass is 127. The van der Waals surface area contributed by atoms with Crippen LogP contribution in [-0.4, -0.2) is 70.3 Å². The monoisotopic (exact) mass is 535 g/mol. The van der Waals surface area contributed by atoms with Gasteiger partial charge in [-0.1, -0.05) is 11.6 Å². The topological polar surface area (TPSA) is 52.1 Å². The first-order valence-corrected chi connectivity index (χ1v) is 10.9. The largest absolute Gasteiger partial charge is 0.495 e. The molecular formula is C21H35ClIN5O. The normalized spacial score (nSPS) is 19.9. The van der Waals surface area contributed by atoms with Crippen LogP contribution in [0.25, 0.3) is 0 Å². The molecule has 2 saturated heterocycles. The highest BCUT2D eigenvalue weighted by Crippen LogP contribution is 2.33. The summed E-state index contributed by atoms with van der Waals surface area (Å²) in [6, 6.07) is 6.14. The second kappa shape index (κ2) is 12.7. The number of hydrogen-bond acceptors (Lipinski definition) is 4. The molecular weight excluding hydrogens is 501 g/mol. The van der Waals surface area contributed by atoms with Crippen LogP contribution in [0.3, 0.4) is 0 Å². The van der Waals surface area contributed by atoms with Gasteiger partial charge < -0.3 is 25.2 Å². The van der Waals surface area contributed by atoms with Crippen LogP contribution < -0.4 is 20.3 Å². The fraction of sp³-hybridized carbons (Fsp3) is 0.667. The van der Waals surface area contributed by atoms with Gasteiger partial charge in [-0.3, -0.25) is 4.99 Å². The summed E-state index contributed by atoms with van der Waals surface area (Å²) in [6.07, 6.45) is 6.22. The Morgan fingerprint density at radius 3 is 2.76 bits per heavy atom. The lowest BCUT2D eigenvalue weighted by Crippen LogP contribution is -2.45. The third-order valence-corrected chi connectivity index (χ3v) is 5.86. The molecule has 8 heteroatoms. The first-order chi connectivity index (χ1) is 13.7. The van der Waals surface area contributed by atoms with Crippen LogP contribution in [0.15, 0.2) is 23.2 Å². The van der Waals surface area contributed by atoms with Gasteiger partial charge in [-0.15, -0.1) is 24.0 Å². The van der Waals surface area contributed by atoms with Gasteiger partial charge in [0, 0.05) is 37.7 Å². The second-order valence-electron chi connectivity index (χ2n) is 7.65. The van der Waals surface area contributed by atoms with Gasteiger partial charge in [0.25, 0.3) is 0 Å². The van der Waals surface area contributed by atoms with E-state index in [0.717, 1.165) is 48.5 Å². The summed E-state index contributed by atoms with van der Waals surface area (Å²) in [7, 11) is 3.54. The Morgan fingerprint density at radius 2 is 2.03 bits per heavy atom. The molecule has 2 N–H and O–H groups in total. The molecule has 2 heterocycles. The molecule has 2 fully saturated rings. The molecule has 0 radical (unpaired) electrons. The van der Waals surface area contributed by atoms with Crippen LogP contribution in [0.4, 0.5) is 5.69 Å². The zero-order chi connectivity index (χ0) is 19.8. The fourth-order valence-electron chi connectivity index (χ4n) is 4.07. The van der Waals surface area contributed by atoms with Crippen LogP contribution in [0.5, 0.6) is 5.75 Å². The number of unbranched alkanes of at least 4 members (excludes halogenated alkanes) is 1. The van der Waals surface area contributed by atoms with Gasteiger partial charge in [0.2, 0.25) is 0 Å². The van der Waals surface area contributed by atoms with E-state index in [0.29, 0.717) is 6.04 Å². The first kappa shape index (κ1) is 24.3. The van der Waals surface area contributed by atoms with Gasteiger partial charge in [-0.25, -0.2) is 0 Å². The van der Waals surface area contributed by atoms with Crippen molar-refractivity contribution in [1.29, 1.82) is 0 Å². The third kappa shape index (κ3) is 7.36. The average Bonchev–Trinajstić information content (AvgIpc) is 3.38. The van der Waals surface area contributed by atoms with E-state index in [4.69, 9.17) is 16.3 Å². The predicted octanol–water partition coefficient (Wildman–Crippen LogP) is 3.59. The van der Waals surface area contributed by atoms with E-state index in [-0.39, 0.29) is 24.0 Å². The molecule has 1 aromatic rings. The Labute approximate surface area is 197 Å². The lowest BCUT2D eigenvalue weighted by atomic mass is 10.2. The van der Waals surface area contributed by atoms with E-state index in [1.807, 2.05) is 25.2 Å². The van der Waals surface area contributed by atoms with E-state index in [1.165, 1.54) is 45.3 Å². The van der Waals surface area contributed by atoms with Gasteiger partial charge in [-0.2, -0.15) is 0 Å². The molecule has 3 rings (SSSR count). The van der Waals surface area contributed by atoms with Crippen LogP contribution >= 0.6 is 35.6 Å². The van der Waals surface area contributed by atoms with Gasteiger partial charge in [0.15, 0.2) is 5.96 Å². The summed E-state index contributed by atoms with van der Waals surface area (Å²) in [6.45, 7) is 6.64. The first-order valence-electron chi connectivity index (χ1n) is 10.5. The van der Waals surface area contributed by atoms with E-state index < -0.39 is 0 Å². The molecule has 0 saturated carbocycles. The quantitative estimate of drug-likeness (QED) is 0.231. The van der Waals surface area contributed by atoms with Crippen LogP contribution in [-0.2, 0) is 0 Å². The Morgan fingerprint density at radius 1 is 1.24 bits per heavy atom. The number of nitrogens with zero attached hydrogens (tertiary/aromatic N) is 3. The third-order valence-electron chi connectivity index (χ3n) is 5.63. The lowest BCUT2D eigenvalue weighted by molar-refractivity contribution is 0.330. The maximum absolute atomic E-state index is 6.19. The molecule has 0 aromatic heterocycles. The molecule has 0 spiro atoms. The van der Waals surface area contributed by atoms with E-state index in [9.17, 15) is 0 Å². The minimum Gasteiger partial charge on any atom is -0.495 e. The Kier molecular flexibility index (Phi) is 10.7. The molecule has 1 unspecified atom stereocenters. The average molecular weight is 536 g/mol. The van der Waals surface area contributed by atoms with Crippen molar-refractivity contribution in [3.8, 4) is 5.75 Å². The van der Waals surface area contributed by atoms with Crippen molar-refractivity contribution >= 4 is 47.2 Å². The number of halogens is 2. The standard InChI is InChI=1S/C21H34ClN5O.HI/c1-23-21(24-10-3-4-11-26-12-5-6-13-26)25-18-9-14-27(16-18)19-15-17(22)7-8-20(19)28-2;/h7-8,15,18H,3-6,9-14,16H2,1-2H3,(H2,23,24,25);1H. The second-order valence-corrected chi connectivity index (χ2v) is 8.08. The van der Waals surface area contributed by atoms with Crippen molar-refractivity contribution in [2.75, 3.05) is 58.3 Å². The molecule has 1 aromatic carbocycles. The van der Waals surface area contributed by atoms with Gasteiger partial charge in [-0.05, 0) is 69.9 Å². The molecule has 2 aliphatic rings. The highest BCUT2D eigenvalue weighted by Gasteiger charge is 2.25. The SMILES string of the molecule is CN=C(NCCCCN1CCCC1)NC1CCN(c2cc(Cl)ccc2OC)C1.I. The van der Waals surface area contributed by atoms with Crippen molar-refractivity contribution in [1.82, 2.24) is 15.5 Å². The Bertz CT molecular complexity index is 654. The fourth-order valence-corrected chi connectivity index (χ4v) is 4.23. The predicted molar refractivity (Wildman–Crippen MR) is 133 cm³/mol. The number of guanidine groups is 1. The highest BCUT2D eigenvalue weighted by molar-refractivity contribution is 14.0. The minimum atomic E-state index is 0. The maximum Gasteiger partial charge on any atom is 0.191 e. The summed E-state index contributed by atoms with van der Waals surface area (Å²) < 4.78 is 5.50. The number of ether oxygens (including phenoxy) is 1. The van der Waals surface area contributed by atoms with Crippen LogP contribution in [0, 0.1) is 0 Å². The molecule has 0 aliphatic carbocycles. The number of aliphatic imine (C=N–C) groups is 1. The van der Waals surface area contributed by atoms with Gasteiger partial charge in [0.1, 0.15) is 5.75 Å². The zero-order valence-electron chi connectivity index (χ0n) is 17.6. The van der Waals surface area contributed by atoms with Crippen molar-refractivity contribution in [2.45, 2.75) is 38.1 Å². The number of hydrogen-bond donors (Lipinski definition) is 2. The van der Waals surface area contributed by atoms with E-state index >= 15 is 0 Å². The number of rotatable bonds is 8. The molecule has 29 heavy (non-hydrogen) atoms. The Balaban J connectivity index is 0.00000300. The zero-order valence-corrected chi connectivity index (χ0v) is 20.7. The lowest BCUT2D eigenvalue weighted by Gasteiger charge is -2.22. The molecule has 0 bridgehead atoms. The summed E-state index contributed by atoms with van der Waals surface area (Å²) in [4.78, 5) is 9.29. The number of nitrogens with one attached hydrogen (secondary N) is 2.